The van der Waals surface area contributed by atoms with Gasteiger partial charge in [-0.15, -0.1) is 0 Å². The van der Waals surface area contributed by atoms with Gasteiger partial charge >= 0.3 is 0 Å². The topological polar surface area (TPSA) is 50.7 Å². The zero-order valence-corrected chi connectivity index (χ0v) is 16.9. The van der Waals surface area contributed by atoms with Gasteiger partial charge in [0.05, 0.1) is 16.7 Å². The van der Waals surface area contributed by atoms with Crippen LogP contribution >= 0.6 is 15.9 Å². The molecule has 2 saturated heterocycles. The first-order valence-electron chi connectivity index (χ1n) is 9.31. The Kier molecular flexibility index (Phi) is 6.90. The molecule has 1 aromatic heterocycles. The first-order chi connectivity index (χ1) is 12.1. The van der Waals surface area contributed by atoms with Crippen molar-refractivity contribution in [2.24, 2.45) is 0 Å². The fourth-order valence-corrected chi connectivity index (χ4v) is 3.98. The molecule has 0 aliphatic carbocycles. The number of hydrogen-bond donors (Lipinski definition) is 0. The highest BCUT2D eigenvalue weighted by Crippen LogP contribution is 2.26. The molecule has 0 amide bonds. The molecule has 140 valence electrons. The standard InChI is InChI=1S/C18H29BrN4O2/c1-22(12-14-7-3-5-9-24-14)17-16(19)11-20-18(21-17)23(2)13-15-8-4-6-10-25-15/h11,14-15H,3-10,12-13H2,1-2H3/t14-,15+/m1/s1. The average molecular weight is 413 g/mol. The van der Waals surface area contributed by atoms with Gasteiger partial charge in [0.15, 0.2) is 0 Å². The quantitative estimate of drug-likeness (QED) is 0.714. The maximum absolute atomic E-state index is 5.86. The van der Waals surface area contributed by atoms with Crippen molar-refractivity contribution in [3.05, 3.63) is 10.7 Å². The molecule has 0 bridgehead atoms. The van der Waals surface area contributed by atoms with Gasteiger partial charge < -0.3 is 19.3 Å². The van der Waals surface area contributed by atoms with Crippen LogP contribution in [0.3, 0.4) is 0 Å². The Balaban J connectivity index is 1.64. The zero-order valence-electron chi connectivity index (χ0n) is 15.3. The second-order valence-corrected chi connectivity index (χ2v) is 7.93. The fourth-order valence-electron chi connectivity index (χ4n) is 3.48. The Morgan fingerprint density at radius 3 is 2.16 bits per heavy atom. The van der Waals surface area contributed by atoms with E-state index in [-0.39, 0.29) is 12.2 Å². The van der Waals surface area contributed by atoms with Crippen LogP contribution in [0.4, 0.5) is 11.8 Å². The summed E-state index contributed by atoms with van der Waals surface area (Å²) in [6, 6.07) is 0. The van der Waals surface area contributed by atoms with Crippen LogP contribution in [-0.2, 0) is 9.47 Å². The third kappa shape index (κ3) is 5.28. The molecule has 0 unspecified atom stereocenters. The minimum atomic E-state index is 0.280. The van der Waals surface area contributed by atoms with Gasteiger partial charge in [0.1, 0.15) is 5.82 Å². The van der Waals surface area contributed by atoms with Gasteiger partial charge in [-0.2, -0.15) is 4.98 Å². The van der Waals surface area contributed by atoms with Crippen molar-refractivity contribution >= 4 is 27.7 Å². The molecule has 0 saturated carbocycles. The van der Waals surface area contributed by atoms with E-state index in [0.29, 0.717) is 0 Å². The lowest BCUT2D eigenvalue weighted by Gasteiger charge is -2.30. The van der Waals surface area contributed by atoms with Gasteiger partial charge in [-0.1, -0.05) is 0 Å². The molecule has 2 fully saturated rings. The second kappa shape index (κ2) is 9.14. The van der Waals surface area contributed by atoms with Crippen LogP contribution in [0.2, 0.25) is 0 Å². The number of ether oxygens (including phenoxy) is 2. The molecule has 2 aliphatic rings. The molecular weight excluding hydrogens is 384 g/mol. The predicted octanol–water partition coefficient (Wildman–Crippen LogP) is 3.25. The largest absolute Gasteiger partial charge is 0.376 e. The van der Waals surface area contributed by atoms with Gasteiger partial charge in [-0.25, -0.2) is 4.98 Å². The van der Waals surface area contributed by atoms with Gasteiger partial charge in [0.2, 0.25) is 5.95 Å². The van der Waals surface area contributed by atoms with Crippen molar-refractivity contribution in [1.82, 2.24) is 9.97 Å². The Labute approximate surface area is 159 Å². The van der Waals surface area contributed by atoms with Crippen LogP contribution in [-0.4, -0.2) is 62.6 Å². The number of rotatable bonds is 6. The van der Waals surface area contributed by atoms with E-state index >= 15 is 0 Å². The Bertz CT molecular complexity index is 548. The first kappa shape index (κ1) is 18.9. The maximum Gasteiger partial charge on any atom is 0.227 e. The summed E-state index contributed by atoms with van der Waals surface area (Å²) in [5.41, 5.74) is 0. The molecular formula is C18H29BrN4O2. The summed E-state index contributed by atoms with van der Waals surface area (Å²) in [4.78, 5) is 13.5. The van der Waals surface area contributed by atoms with Crippen LogP contribution in [0.25, 0.3) is 0 Å². The summed E-state index contributed by atoms with van der Waals surface area (Å²) in [7, 11) is 4.11. The van der Waals surface area contributed by atoms with Crippen molar-refractivity contribution in [2.45, 2.75) is 50.7 Å². The maximum atomic E-state index is 5.86. The molecule has 6 nitrogen and oxygen atoms in total. The lowest BCUT2D eigenvalue weighted by atomic mass is 10.1. The van der Waals surface area contributed by atoms with Crippen LogP contribution in [0.5, 0.6) is 0 Å². The first-order valence-corrected chi connectivity index (χ1v) is 10.1. The number of likely N-dealkylation sites (N-methyl/N-ethyl adjacent to an activating group) is 2. The van der Waals surface area contributed by atoms with Crippen molar-refractivity contribution in [3.63, 3.8) is 0 Å². The number of nitrogens with zero attached hydrogens (tertiary/aromatic N) is 4. The molecule has 2 aliphatic heterocycles. The van der Waals surface area contributed by atoms with Crippen LogP contribution in [0, 0.1) is 0 Å². The van der Waals surface area contributed by atoms with Crippen molar-refractivity contribution in [2.75, 3.05) is 50.2 Å². The summed E-state index contributed by atoms with van der Waals surface area (Å²) in [6.45, 7) is 3.43. The van der Waals surface area contributed by atoms with E-state index in [4.69, 9.17) is 14.5 Å². The summed E-state index contributed by atoms with van der Waals surface area (Å²) < 4.78 is 12.6. The van der Waals surface area contributed by atoms with E-state index in [1.54, 1.807) is 0 Å². The van der Waals surface area contributed by atoms with Gasteiger partial charge in [0, 0.05) is 46.6 Å². The Morgan fingerprint density at radius 1 is 1.00 bits per heavy atom. The van der Waals surface area contributed by atoms with E-state index in [1.165, 1.54) is 25.7 Å². The smallest absolute Gasteiger partial charge is 0.227 e. The number of aromatic nitrogens is 2. The monoisotopic (exact) mass is 412 g/mol. The highest BCUT2D eigenvalue weighted by Gasteiger charge is 2.21. The van der Waals surface area contributed by atoms with Crippen LogP contribution < -0.4 is 9.80 Å². The van der Waals surface area contributed by atoms with E-state index in [0.717, 1.165) is 55.4 Å². The number of anilines is 2. The molecule has 0 aromatic carbocycles. The summed E-state index contributed by atoms with van der Waals surface area (Å²) in [5, 5.41) is 0. The third-order valence-corrected chi connectivity index (χ3v) is 5.48. The normalized spacial score (nSPS) is 24.1. The molecule has 25 heavy (non-hydrogen) atoms. The van der Waals surface area contributed by atoms with Gasteiger partial charge in [-0.05, 0) is 54.5 Å². The minimum absolute atomic E-state index is 0.280. The molecule has 7 heteroatoms. The minimum Gasteiger partial charge on any atom is -0.376 e. The summed E-state index contributed by atoms with van der Waals surface area (Å²) in [5.74, 6) is 1.65. The second-order valence-electron chi connectivity index (χ2n) is 7.08. The Morgan fingerprint density at radius 2 is 1.60 bits per heavy atom. The summed E-state index contributed by atoms with van der Waals surface area (Å²) >= 11 is 3.59. The predicted molar refractivity (Wildman–Crippen MR) is 103 cm³/mol. The van der Waals surface area contributed by atoms with Gasteiger partial charge in [-0.3, -0.25) is 0 Å². The van der Waals surface area contributed by atoms with Crippen LogP contribution in [0.15, 0.2) is 10.7 Å². The molecule has 1 aromatic rings. The molecule has 3 heterocycles. The number of halogens is 1. The SMILES string of the molecule is CN(C[C@@H]1CCCCO1)c1ncc(Br)c(N(C)C[C@H]2CCCCO2)n1. The molecule has 0 N–H and O–H groups in total. The number of hydrogen-bond acceptors (Lipinski definition) is 6. The molecule has 3 rings (SSSR count). The highest BCUT2D eigenvalue weighted by atomic mass is 79.9. The van der Waals surface area contributed by atoms with E-state index in [2.05, 4.69) is 37.8 Å². The van der Waals surface area contributed by atoms with Crippen molar-refractivity contribution in [3.8, 4) is 0 Å². The lowest BCUT2D eigenvalue weighted by Crippen LogP contribution is -2.36. The Hall–Kier alpha value is -0.920. The van der Waals surface area contributed by atoms with Gasteiger partial charge in [0.25, 0.3) is 0 Å². The highest BCUT2D eigenvalue weighted by molar-refractivity contribution is 9.10. The third-order valence-electron chi connectivity index (χ3n) is 4.92. The average Bonchev–Trinajstić information content (AvgIpc) is 2.63. The van der Waals surface area contributed by atoms with Crippen LogP contribution in [0.1, 0.15) is 38.5 Å². The van der Waals surface area contributed by atoms with E-state index < -0.39 is 0 Å². The van der Waals surface area contributed by atoms with E-state index in [9.17, 15) is 0 Å². The molecule has 0 radical (unpaired) electrons. The summed E-state index contributed by atoms with van der Waals surface area (Å²) in [6.07, 6.45) is 9.50. The fraction of sp³-hybridized carbons (Fsp3) is 0.778. The molecule has 2 atom stereocenters. The van der Waals surface area contributed by atoms with Crippen molar-refractivity contribution < 1.29 is 9.47 Å². The lowest BCUT2D eigenvalue weighted by molar-refractivity contribution is 0.0214. The van der Waals surface area contributed by atoms with Crippen molar-refractivity contribution in [1.29, 1.82) is 0 Å². The van der Waals surface area contributed by atoms with E-state index in [1.807, 2.05) is 13.2 Å². The zero-order chi connectivity index (χ0) is 17.6. The molecule has 0 spiro atoms.